The van der Waals surface area contributed by atoms with Gasteiger partial charge in [0.2, 0.25) is 5.91 Å². The van der Waals surface area contributed by atoms with Crippen LogP contribution in [-0.4, -0.2) is 40.6 Å². The van der Waals surface area contributed by atoms with E-state index in [0.717, 1.165) is 0 Å². The molecular weight excluding hydrogens is 272 g/mol. The van der Waals surface area contributed by atoms with Gasteiger partial charge in [0, 0.05) is 18.2 Å². The number of anilines is 1. The van der Waals surface area contributed by atoms with E-state index in [1.165, 1.54) is 11.2 Å². The van der Waals surface area contributed by atoms with E-state index in [1.54, 1.807) is 6.07 Å². The molecule has 0 saturated carbocycles. The van der Waals surface area contributed by atoms with Crippen molar-refractivity contribution in [3.05, 3.63) is 12.3 Å². The number of hydrogen-bond donors (Lipinski definition) is 2. The molecule has 0 spiro atoms. The molecule has 0 fully saturated rings. The fourth-order valence-corrected chi connectivity index (χ4v) is 1.69. The molecule has 0 saturated heterocycles. The maximum atomic E-state index is 12.2. The van der Waals surface area contributed by atoms with Crippen LogP contribution in [-0.2, 0) is 4.79 Å². The normalized spacial score (nSPS) is 11.3. The average molecular weight is 296 g/mol. The van der Waals surface area contributed by atoms with Gasteiger partial charge in [-0.25, -0.2) is 4.79 Å². The summed E-state index contributed by atoms with van der Waals surface area (Å²) in [5.41, 5.74) is -0.352. The highest BCUT2D eigenvalue weighted by molar-refractivity contribution is 5.93. The van der Waals surface area contributed by atoms with Gasteiger partial charge in [-0.05, 0) is 26.7 Å². The Kier molecular flexibility index (Phi) is 5.75. The number of hydrogen-bond acceptors (Lipinski definition) is 4. The highest BCUT2D eigenvalue weighted by Crippen LogP contribution is 2.06. The molecule has 2 N–H and O–H groups in total. The van der Waals surface area contributed by atoms with Crippen LogP contribution < -0.4 is 10.6 Å². The van der Waals surface area contributed by atoms with E-state index in [-0.39, 0.29) is 29.9 Å². The molecule has 0 aliphatic carbocycles. The Bertz CT molecular complexity index is 463. The summed E-state index contributed by atoms with van der Waals surface area (Å²) in [5.74, 6) is 0.282. The van der Waals surface area contributed by atoms with Crippen LogP contribution >= 0.6 is 0 Å². The summed E-state index contributed by atoms with van der Waals surface area (Å²) in [4.78, 5) is 25.7. The summed E-state index contributed by atoms with van der Waals surface area (Å²) >= 11 is 0. The van der Waals surface area contributed by atoms with Crippen LogP contribution in [0.5, 0.6) is 0 Å². The van der Waals surface area contributed by atoms with E-state index in [0.29, 0.717) is 12.4 Å². The van der Waals surface area contributed by atoms with E-state index < -0.39 is 0 Å². The van der Waals surface area contributed by atoms with Gasteiger partial charge in [-0.2, -0.15) is 0 Å². The first-order valence-electron chi connectivity index (χ1n) is 6.94. The van der Waals surface area contributed by atoms with Crippen molar-refractivity contribution in [2.75, 3.05) is 18.4 Å². The highest BCUT2D eigenvalue weighted by atomic mass is 16.5. The Morgan fingerprint density at radius 3 is 2.52 bits per heavy atom. The van der Waals surface area contributed by atoms with Crippen LogP contribution in [0.3, 0.4) is 0 Å². The van der Waals surface area contributed by atoms with E-state index in [4.69, 9.17) is 0 Å². The van der Waals surface area contributed by atoms with Crippen molar-refractivity contribution in [3.63, 3.8) is 0 Å². The van der Waals surface area contributed by atoms with Crippen molar-refractivity contribution in [3.8, 4) is 0 Å². The Morgan fingerprint density at radius 1 is 1.38 bits per heavy atom. The number of nitrogens with one attached hydrogen (secondary N) is 2. The first-order valence-corrected chi connectivity index (χ1v) is 6.94. The smallest absolute Gasteiger partial charge is 0.318 e. The summed E-state index contributed by atoms with van der Waals surface area (Å²) in [5, 5.41) is 9.04. The molecule has 1 aromatic rings. The molecular formula is C14H24N4O3. The molecule has 1 aromatic heterocycles. The molecule has 3 amide bonds. The minimum atomic E-state index is -0.352. The minimum Gasteiger partial charge on any atom is -0.363 e. The van der Waals surface area contributed by atoms with Crippen molar-refractivity contribution in [2.45, 2.75) is 40.2 Å². The molecule has 7 heteroatoms. The van der Waals surface area contributed by atoms with Crippen molar-refractivity contribution in [1.29, 1.82) is 0 Å². The van der Waals surface area contributed by atoms with Gasteiger partial charge in [0.1, 0.15) is 12.8 Å². The Hall–Kier alpha value is -2.05. The van der Waals surface area contributed by atoms with E-state index >= 15 is 0 Å². The van der Waals surface area contributed by atoms with Gasteiger partial charge < -0.3 is 20.1 Å². The van der Waals surface area contributed by atoms with Crippen molar-refractivity contribution in [1.82, 2.24) is 15.4 Å². The molecule has 0 atom stereocenters. The number of nitrogens with zero attached hydrogens (tertiary/aromatic N) is 2. The number of amides is 3. The highest BCUT2D eigenvalue weighted by Gasteiger charge is 2.22. The minimum absolute atomic E-state index is 0.0348. The van der Waals surface area contributed by atoms with Gasteiger partial charge in [-0.3, -0.25) is 4.79 Å². The van der Waals surface area contributed by atoms with E-state index in [2.05, 4.69) is 20.3 Å². The van der Waals surface area contributed by atoms with Gasteiger partial charge in [0.05, 0.1) is 0 Å². The largest absolute Gasteiger partial charge is 0.363 e. The summed E-state index contributed by atoms with van der Waals surface area (Å²) in [7, 11) is 0. The maximum Gasteiger partial charge on any atom is 0.318 e. The lowest BCUT2D eigenvalue weighted by molar-refractivity contribution is -0.116. The lowest BCUT2D eigenvalue weighted by atomic mass is 10.1. The Labute approximate surface area is 125 Å². The van der Waals surface area contributed by atoms with Crippen LogP contribution in [0.2, 0.25) is 0 Å². The van der Waals surface area contributed by atoms with E-state index in [9.17, 15) is 9.59 Å². The molecule has 0 aliphatic rings. The zero-order valence-corrected chi connectivity index (χ0v) is 13.3. The van der Waals surface area contributed by atoms with E-state index in [1.807, 2.05) is 34.6 Å². The molecule has 0 aliphatic heterocycles. The quantitative estimate of drug-likeness (QED) is 0.870. The Morgan fingerprint density at radius 2 is 2.05 bits per heavy atom. The SMILES string of the molecule is CC(C)CN(CC(=O)Nc1ccon1)C(=O)NC(C)(C)C. The fraction of sp³-hybridized carbons (Fsp3) is 0.643. The lowest BCUT2D eigenvalue weighted by Crippen LogP contribution is -2.51. The van der Waals surface area contributed by atoms with Gasteiger partial charge >= 0.3 is 6.03 Å². The molecule has 1 rings (SSSR count). The first kappa shape index (κ1) is 17.0. The van der Waals surface area contributed by atoms with Gasteiger partial charge in [0.15, 0.2) is 5.82 Å². The molecule has 21 heavy (non-hydrogen) atoms. The monoisotopic (exact) mass is 296 g/mol. The van der Waals surface area contributed by atoms with Crippen molar-refractivity contribution in [2.24, 2.45) is 5.92 Å². The summed E-state index contributed by atoms with van der Waals surface area (Å²) < 4.78 is 4.64. The second kappa shape index (κ2) is 7.10. The van der Waals surface area contributed by atoms with Gasteiger partial charge in [-0.1, -0.05) is 19.0 Å². The molecule has 0 radical (unpaired) electrons. The number of rotatable bonds is 5. The zero-order chi connectivity index (χ0) is 16.0. The van der Waals surface area contributed by atoms with Crippen molar-refractivity contribution < 1.29 is 14.1 Å². The van der Waals surface area contributed by atoms with Crippen LogP contribution in [0, 0.1) is 5.92 Å². The summed E-state index contributed by atoms with van der Waals surface area (Å²) in [6, 6.07) is 1.28. The third kappa shape index (κ3) is 6.78. The third-order valence-corrected chi connectivity index (χ3v) is 2.39. The number of aromatic nitrogens is 1. The third-order valence-electron chi connectivity index (χ3n) is 2.39. The van der Waals surface area contributed by atoms with Crippen LogP contribution in [0.25, 0.3) is 0 Å². The van der Waals surface area contributed by atoms with Crippen LogP contribution in [0.1, 0.15) is 34.6 Å². The molecule has 1 heterocycles. The summed E-state index contributed by atoms with van der Waals surface area (Å²) in [6.07, 6.45) is 1.37. The second-order valence-electron chi connectivity index (χ2n) is 6.39. The number of carbonyl (C=O) groups is 2. The molecule has 7 nitrogen and oxygen atoms in total. The van der Waals surface area contributed by atoms with Crippen LogP contribution in [0.4, 0.5) is 10.6 Å². The molecule has 118 valence electrons. The zero-order valence-electron chi connectivity index (χ0n) is 13.3. The maximum absolute atomic E-state index is 12.2. The first-order chi connectivity index (χ1) is 9.67. The summed E-state index contributed by atoms with van der Waals surface area (Å²) in [6.45, 7) is 10.1. The fourth-order valence-electron chi connectivity index (χ4n) is 1.69. The molecule has 0 aromatic carbocycles. The number of carbonyl (C=O) groups excluding carboxylic acids is 2. The van der Waals surface area contributed by atoms with Gasteiger partial charge in [-0.15, -0.1) is 0 Å². The molecule has 0 bridgehead atoms. The van der Waals surface area contributed by atoms with Crippen molar-refractivity contribution >= 4 is 17.8 Å². The standard InChI is InChI=1S/C14H24N4O3/c1-10(2)8-18(13(20)16-14(3,4)5)9-12(19)15-11-6-7-21-17-11/h6-7,10H,8-9H2,1-5H3,(H,16,20)(H,15,17,19). The predicted octanol–water partition coefficient (Wildman–Crippen LogP) is 2.08. The lowest BCUT2D eigenvalue weighted by Gasteiger charge is -2.29. The predicted molar refractivity (Wildman–Crippen MR) is 79.8 cm³/mol. The molecule has 0 unspecified atom stereocenters. The number of urea groups is 1. The average Bonchev–Trinajstić information content (AvgIpc) is 2.77. The van der Waals surface area contributed by atoms with Gasteiger partial charge in [0.25, 0.3) is 0 Å². The van der Waals surface area contributed by atoms with Crippen LogP contribution in [0.15, 0.2) is 16.9 Å². The Balaban J connectivity index is 2.64. The topological polar surface area (TPSA) is 87.5 Å². The second-order valence-corrected chi connectivity index (χ2v) is 6.39.